The topological polar surface area (TPSA) is 46.2 Å². The summed E-state index contributed by atoms with van der Waals surface area (Å²) in [5.74, 6) is 0. The molecule has 0 spiro atoms. The second kappa shape index (κ2) is 10.4. The quantitative estimate of drug-likeness (QED) is 0.494. The van der Waals surface area contributed by atoms with Crippen LogP contribution in [-0.2, 0) is 22.9 Å². The largest absolute Gasteiger partial charge is 0.280 e. The maximum absolute atomic E-state index is 12.8. The van der Waals surface area contributed by atoms with Gasteiger partial charge in [0.15, 0.2) is 0 Å². The molecule has 0 fully saturated rings. The maximum Gasteiger partial charge on any atom is 0.262 e. The molecule has 0 heterocycles. The number of nitrogens with one attached hydrogen (secondary N) is 1. The van der Waals surface area contributed by atoms with Gasteiger partial charge in [-0.2, -0.15) is 0 Å². The van der Waals surface area contributed by atoms with Crippen LogP contribution >= 0.6 is 0 Å². The van der Waals surface area contributed by atoms with Crippen molar-refractivity contribution in [1.82, 2.24) is 0 Å². The molecular formula is C22H31NO2S. The van der Waals surface area contributed by atoms with Crippen LogP contribution in [0.15, 0.2) is 53.4 Å². The second-order valence-corrected chi connectivity index (χ2v) is 8.48. The molecule has 26 heavy (non-hydrogen) atoms. The van der Waals surface area contributed by atoms with E-state index in [0.29, 0.717) is 10.6 Å². The molecule has 0 bridgehead atoms. The third kappa shape index (κ3) is 6.17. The summed E-state index contributed by atoms with van der Waals surface area (Å²) in [4.78, 5) is 0.392. The van der Waals surface area contributed by atoms with Crippen molar-refractivity contribution in [2.24, 2.45) is 0 Å². The monoisotopic (exact) mass is 373 g/mol. The first-order valence-electron chi connectivity index (χ1n) is 9.76. The highest BCUT2D eigenvalue weighted by Crippen LogP contribution is 2.22. The zero-order valence-electron chi connectivity index (χ0n) is 16.0. The minimum atomic E-state index is -3.56. The van der Waals surface area contributed by atoms with Gasteiger partial charge in [0.05, 0.1) is 4.90 Å². The van der Waals surface area contributed by atoms with Crippen molar-refractivity contribution in [1.29, 1.82) is 0 Å². The molecule has 0 unspecified atom stereocenters. The normalized spacial score (nSPS) is 11.5. The summed E-state index contributed by atoms with van der Waals surface area (Å²) in [7, 11) is -3.56. The van der Waals surface area contributed by atoms with E-state index in [-0.39, 0.29) is 0 Å². The smallest absolute Gasteiger partial charge is 0.262 e. The van der Waals surface area contributed by atoms with Crippen molar-refractivity contribution in [3.8, 4) is 0 Å². The van der Waals surface area contributed by atoms with Gasteiger partial charge in [-0.15, -0.1) is 0 Å². The fraction of sp³-hybridized carbons (Fsp3) is 0.455. The van der Waals surface area contributed by atoms with Crippen LogP contribution < -0.4 is 4.72 Å². The minimum Gasteiger partial charge on any atom is -0.280 e. The van der Waals surface area contributed by atoms with Gasteiger partial charge in [-0.3, -0.25) is 4.72 Å². The van der Waals surface area contributed by atoms with E-state index in [9.17, 15) is 8.42 Å². The van der Waals surface area contributed by atoms with Gasteiger partial charge in [0.25, 0.3) is 10.0 Å². The van der Waals surface area contributed by atoms with Crippen molar-refractivity contribution in [3.05, 3.63) is 59.7 Å². The van der Waals surface area contributed by atoms with Crippen molar-refractivity contribution in [3.63, 3.8) is 0 Å². The Bertz CT molecular complexity index is 767. The van der Waals surface area contributed by atoms with Gasteiger partial charge in [0, 0.05) is 5.69 Å². The second-order valence-electron chi connectivity index (χ2n) is 6.82. The van der Waals surface area contributed by atoms with E-state index in [1.165, 1.54) is 24.8 Å². The Morgan fingerprint density at radius 3 is 2.04 bits per heavy atom. The van der Waals surface area contributed by atoms with E-state index in [4.69, 9.17) is 0 Å². The third-order valence-corrected chi connectivity index (χ3v) is 6.07. The van der Waals surface area contributed by atoms with Crippen molar-refractivity contribution in [2.45, 2.75) is 70.1 Å². The van der Waals surface area contributed by atoms with Crippen LogP contribution in [0, 0.1) is 0 Å². The van der Waals surface area contributed by atoms with E-state index >= 15 is 0 Å². The first-order valence-corrected chi connectivity index (χ1v) is 11.2. The predicted molar refractivity (Wildman–Crippen MR) is 110 cm³/mol. The van der Waals surface area contributed by atoms with Gasteiger partial charge in [-0.25, -0.2) is 8.42 Å². The Kier molecular flexibility index (Phi) is 8.17. The van der Waals surface area contributed by atoms with E-state index in [1.54, 1.807) is 12.1 Å². The van der Waals surface area contributed by atoms with Crippen molar-refractivity contribution < 1.29 is 8.42 Å². The molecule has 0 aromatic heterocycles. The number of sulfonamides is 1. The van der Waals surface area contributed by atoms with E-state index in [1.807, 2.05) is 36.4 Å². The molecule has 0 aliphatic heterocycles. The summed E-state index contributed by atoms with van der Waals surface area (Å²) in [6, 6.07) is 15.1. The average Bonchev–Trinajstić information content (AvgIpc) is 2.64. The predicted octanol–water partition coefficient (Wildman–Crippen LogP) is 5.95. The van der Waals surface area contributed by atoms with Crippen LogP contribution in [0.5, 0.6) is 0 Å². The molecule has 1 N–H and O–H groups in total. The highest BCUT2D eigenvalue weighted by molar-refractivity contribution is 7.92. The SMILES string of the molecule is CCCCCc1ccc(NS(=O)(=O)c2ccccc2CCCCC)cc1. The third-order valence-electron chi connectivity index (χ3n) is 4.59. The minimum absolute atomic E-state index is 0.392. The summed E-state index contributed by atoms with van der Waals surface area (Å²) in [6.07, 6.45) is 8.68. The van der Waals surface area contributed by atoms with Crippen LogP contribution in [0.25, 0.3) is 0 Å². The van der Waals surface area contributed by atoms with Crippen molar-refractivity contribution >= 4 is 15.7 Å². The number of benzene rings is 2. The molecule has 0 amide bonds. The summed E-state index contributed by atoms with van der Waals surface area (Å²) in [5, 5.41) is 0. The van der Waals surface area contributed by atoms with Gasteiger partial charge in [0.1, 0.15) is 0 Å². The number of unbranched alkanes of at least 4 members (excludes halogenated alkanes) is 4. The lowest BCUT2D eigenvalue weighted by Crippen LogP contribution is -2.15. The van der Waals surface area contributed by atoms with Crippen LogP contribution in [0.2, 0.25) is 0 Å². The fourth-order valence-corrected chi connectivity index (χ4v) is 4.40. The highest BCUT2D eigenvalue weighted by Gasteiger charge is 2.18. The Morgan fingerprint density at radius 1 is 0.769 bits per heavy atom. The zero-order valence-corrected chi connectivity index (χ0v) is 16.8. The number of aryl methyl sites for hydroxylation is 2. The molecule has 0 aliphatic rings. The Hall–Kier alpha value is -1.81. The number of hydrogen-bond acceptors (Lipinski definition) is 2. The van der Waals surface area contributed by atoms with E-state index < -0.39 is 10.0 Å². The average molecular weight is 374 g/mol. The lowest BCUT2D eigenvalue weighted by atomic mass is 10.1. The molecular weight excluding hydrogens is 342 g/mol. The molecule has 0 aliphatic carbocycles. The molecule has 2 aromatic rings. The van der Waals surface area contributed by atoms with Crippen LogP contribution in [0.4, 0.5) is 5.69 Å². The van der Waals surface area contributed by atoms with Gasteiger partial charge < -0.3 is 0 Å². The Labute approximate surface area is 158 Å². The molecule has 0 atom stereocenters. The van der Waals surface area contributed by atoms with Crippen LogP contribution in [0.3, 0.4) is 0 Å². The summed E-state index contributed by atoms with van der Waals surface area (Å²) >= 11 is 0. The van der Waals surface area contributed by atoms with Crippen molar-refractivity contribution in [2.75, 3.05) is 4.72 Å². The Balaban J connectivity index is 2.08. The first-order chi connectivity index (χ1) is 12.6. The summed E-state index contributed by atoms with van der Waals surface area (Å²) in [6.45, 7) is 4.34. The fourth-order valence-electron chi connectivity index (χ4n) is 3.07. The molecule has 0 saturated carbocycles. The molecule has 4 heteroatoms. The highest BCUT2D eigenvalue weighted by atomic mass is 32.2. The van der Waals surface area contributed by atoms with E-state index in [2.05, 4.69) is 18.6 Å². The number of anilines is 1. The molecule has 142 valence electrons. The lowest BCUT2D eigenvalue weighted by Gasteiger charge is -2.13. The molecule has 0 saturated heterocycles. The van der Waals surface area contributed by atoms with Crippen LogP contribution in [-0.4, -0.2) is 8.42 Å². The zero-order chi connectivity index (χ0) is 18.8. The van der Waals surface area contributed by atoms with Gasteiger partial charge >= 0.3 is 0 Å². The molecule has 2 rings (SSSR count). The van der Waals surface area contributed by atoms with Crippen LogP contribution in [0.1, 0.15) is 63.5 Å². The summed E-state index contributed by atoms with van der Waals surface area (Å²) < 4.78 is 28.4. The molecule has 3 nitrogen and oxygen atoms in total. The standard InChI is InChI=1S/C22H31NO2S/c1-3-5-7-11-19-15-17-21(18-16-19)23-26(24,25)22-14-10-9-13-20(22)12-8-6-4-2/h9-10,13-18,23H,3-8,11-12H2,1-2H3. The maximum atomic E-state index is 12.8. The van der Waals surface area contributed by atoms with Gasteiger partial charge in [0.2, 0.25) is 0 Å². The Morgan fingerprint density at radius 2 is 1.38 bits per heavy atom. The van der Waals surface area contributed by atoms with E-state index in [0.717, 1.165) is 37.7 Å². The first kappa shape index (κ1) is 20.5. The van der Waals surface area contributed by atoms with Gasteiger partial charge in [-0.1, -0.05) is 69.9 Å². The number of hydrogen-bond donors (Lipinski definition) is 1. The molecule has 0 radical (unpaired) electrons. The summed E-state index contributed by atoms with van der Waals surface area (Å²) in [5.41, 5.74) is 2.76. The van der Waals surface area contributed by atoms with Gasteiger partial charge in [-0.05, 0) is 55.0 Å². The number of rotatable bonds is 11. The molecule has 2 aromatic carbocycles. The lowest BCUT2D eigenvalue weighted by molar-refractivity contribution is 0.599.